The lowest BCUT2D eigenvalue weighted by Crippen LogP contribution is -2.12. The number of benzene rings is 2. The molecule has 1 heterocycles. The lowest BCUT2D eigenvalue weighted by Gasteiger charge is -2.07. The van der Waals surface area contributed by atoms with E-state index < -0.39 is 0 Å². The SMILES string of the molecule is Cc1cccc(NC(=O)c2ccc(Cn3ccnc3)cc2)c1. The smallest absolute Gasteiger partial charge is 0.255 e. The third kappa shape index (κ3) is 3.41. The molecule has 0 fully saturated rings. The van der Waals surface area contributed by atoms with E-state index in [0.29, 0.717) is 5.56 Å². The van der Waals surface area contributed by atoms with Crippen LogP contribution in [-0.2, 0) is 6.54 Å². The number of amides is 1. The predicted octanol–water partition coefficient (Wildman–Crippen LogP) is 3.49. The zero-order valence-electron chi connectivity index (χ0n) is 12.4. The van der Waals surface area contributed by atoms with Gasteiger partial charge in [0.05, 0.1) is 6.33 Å². The van der Waals surface area contributed by atoms with Crippen molar-refractivity contribution >= 4 is 11.6 Å². The van der Waals surface area contributed by atoms with Crippen LogP contribution >= 0.6 is 0 Å². The first-order valence-electron chi connectivity index (χ1n) is 7.13. The number of imidazole rings is 1. The van der Waals surface area contributed by atoms with Gasteiger partial charge in [0.25, 0.3) is 5.91 Å². The van der Waals surface area contributed by atoms with Crippen molar-refractivity contribution in [1.29, 1.82) is 0 Å². The summed E-state index contributed by atoms with van der Waals surface area (Å²) in [6, 6.07) is 15.4. The predicted molar refractivity (Wildman–Crippen MR) is 86.9 cm³/mol. The van der Waals surface area contributed by atoms with E-state index in [1.165, 1.54) is 0 Å². The number of rotatable bonds is 4. The molecular weight excluding hydrogens is 274 g/mol. The Labute approximate surface area is 129 Å². The molecule has 0 bridgehead atoms. The Morgan fingerprint density at radius 2 is 2.00 bits per heavy atom. The second kappa shape index (κ2) is 6.26. The van der Waals surface area contributed by atoms with E-state index in [1.807, 2.05) is 66.2 Å². The van der Waals surface area contributed by atoms with Gasteiger partial charge in [-0.1, -0.05) is 24.3 Å². The van der Waals surface area contributed by atoms with E-state index in [1.54, 1.807) is 12.5 Å². The minimum atomic E-state index is -0.0974. The van der Waals surface area contributed by atoms with Gasteiger partial charge >= 0.3 is 0 Å². The normalized spacial score (nSPS) is 10.4. The average molecular weight is 291 g/mol. The molecule has 3 aromatic rings. The Morgan fingerprint density at radius 3 is 2.68 bits per heavy atom. The van der Waals surface area contributed by atoms with E-state index >= 15 is 0 Å². The highest BCUT2D eigenvalue weighted by Crippen LogP contribution is 2.12. The number of hydrogen-bond donors (Lipinski definition) is 1. The maximum Gasteiger partial charge on any atom is 0.255 e. The van der Waals surface area contributed by atoms with Crippen LogP contribution in [0.1, 0.15) is 21.5 Å². The van der Waals surface area contributed by atoms with Crippen LogP contribution in [0, 0.1) is 6.92 Å². The number of hydrogen-bond acceptors (Lipinski definition) is 2. The average Bonchev–Trinajstić information content (AvgIpc) is 3.01. The van der Waals surface area contributed by atoms with Crippen molar-refractivity contribution in [2.75, 3.05) is 5.32 Å². The molecule has 0 atom stereocenters. The second-order valence-corrected chi connectivity index (χ2v) is 5.26. The van der Waals surface area contributed by atoms with Crippen molar-refractivity contribution in [1.82, 2.24) is 9.55 Å². The van der Waals surface area contributed by atoms with Gasteiger partial charge in [-0.25, -0.2) is 4.98 Å². The molecule has 2 aromatic carbocycles. The van der Waals surface area contributed by atoms with Crippen LogP contribution < -0.4 is 5.32 Å². The fourth-order valence-electron chi connectivity index (χ4n) is 2.28. The Morgan fingerprint density at radius 1 is 1.18 bits per heavy atom. The third-order valence-electron chi connectivity index (χ3n) is 3.42. The Hall–Kier alpha value is -2.88. The van der Waals surface area contributed by atoms with Gasteiger partial charge in [0.2, 0.25) is 0 Å². The second-order valence-electron chi connectivity index (χ2n) is 5.26. The first-order valence-corrected chi connectivity index (χ1v) is 7.13. The summed E-state index contributed by atoms with van der Waals surface area (Å²) in [7, 11) is 0. The van der Waals surface area contributed by atoms with Crippen molar-refractivity contribution < 1.29 is 4.79 Å². The number of nitrogens with zero attached hydrogens (tertiary/aromatic N) is 2. The van der Waals surface area contributed by atoms with Gasteiger partial charge in [0.15, 0.2) is 0 Å². The number of carbonyl (C=O) groups is 1. The Balaban J connectivity index is 1.68. The van der Waals surface area contributed by atoms with Crippen LogP contribution in [0.2, 0.25) is 0 Å². The molecule has 0 saturated carbocycles. The van der Waals surface area contributed by atoms with Gasteiger partial charge < -0.3 is 9.88 Å². The van der Waals surface area contributed by atoms with Crippen LogP contribution in [0.3, 0.4) is 0 Å². The molecule has 4 heteroatoms. The van der Waals surface area contributed by atoms with E-state index in [9.17, 15) is 4.79 Å². The lowest BCUT2D eigenvalue weighted by atomic mass is 10.1. The molecule has 1 N–H and O–H groups in total. The number of aryl methyl sites for hydroxylation is 1. The van der Waals surface area contributed by atoms with E-state index in [2.05, 4.69) is 10.3 Å². The monoisotopic (exact) mass is 291 g/mol. The highest BCUT2D eigenvalue weighted by Gasteiger charge is 2.06. The molecular formula is C18H17N3O. The van der Waals surface area contributed by atoms with E-state index in [4.69, 9.17) is 0 Å². The fraction of sp³-hybridized carbons (Fsp3) is 0.111. The van der Waals surface area contributed by atoms with Crippen molar-refractivity contribution in [3.63, 3.8) is 0 Å². The summed E-state index contributed by atoms with van der Waals surface area (Å²) in [6.07, 6.45) is 5.44. The van der Waals surface area contributed by atoms with Gasteiger partial charge in [-0.05, 0) is 42.3 Å². The number of aromatic nitrogens is 2. The van der Waals surface area contributed by atoms with Gasteiger partial charge in [-0.3, -0.25) is 4.79 Å². The molecule has 22 heavy (non-hydrogen) atoms. The third-order valence-corrected chi connectivity index (χ3v) is 3.42. The zero-order chi connectivity index (χ0) is 15.4. The van der Waals surface area contributed by atoms with Gasteiger partial charge in [0, 0.05) is 30.2 Å². The molecule has 1 amide bonds. The number of carbonyl (C=O) groups excluding carboxylic acids is 1. The molecule has 110 valence electrons. The minimum absolute atomic E-state index is 0.0974. The standard InChI is InChI=1S/C18H17N3O/c1-14-3-2-4-17(11-14)20-18(22)16-7-5-15(6-8-16)12-21-10-9-19-13-21/h2-11,13H,12H2,1H3,(H,20,22). The maximum absolute atomic E-state index is 12.2. The quantitative estimate of drug-likeness (QED) is 0.800. The Kier molecular flexibility index (Phi) is 4.01. The highest BCUT2D eigenvalue weighted by molar-refractivity contribution is 6.04. The largest absolute Gasteiger partial charge is 0.333 e. The van der Waals surface area contributed by atoms with E-state index in [0.717, 1.165) is 23.4 Å². The number of nitrogens with one attached hydrogen (secondary N) is 1. The lowest BCUT2D eigenvalue weighted by molar-refractivity contribution is 0.102. The molecule has 3 rings (SSSR count). The van der Waals surface area contributed by atoms with Crippen LogP contribution in [0.5, 0.6) is 0 Å². The fourth-order valence-corrected chi connectivity index (χ4v) is 2.28. The summed E-state index contributed by atoms with van der Waals surface area (Å²) in [5, 5.41) is 2.91. The molecule has 0 radical (unpaired) electrons. The summed E-state index contributed by atoms with van der Waals surface area (Å²) in [5.74, 6) is -0.0974. The molecule has 0 saturated heterocycles. The topological polar surface area (TPSA) is 46.9 Å². The zero-order valence-corrected chi connectivity index (χ0v) is 12.4. The summed E-state index contributed by atoms with van der Waals surface area (Å²) < 4.78 is 1.99. The van der Waals surface area contributed by atoms with Crippen LogP contribution in [0.25, 0.3) is 0 Å². The van der Waals surface area contributed by atoms with Crippen molar-refractivity contribution in [2.45, 2.75) is 13.5 Å². The van der Waals surface area contributed by atoms with E-state index in [-0.39, 0.29) is 5.91 Å². The van der Waals surface area contributed by atoms with Crippen LogP contribution in [0.15, 0.2) is 67.3 Å². The van der Waals surface area contributed by atoms with Gasteiger partial charge in [-0.2, -0.15) is 0 Å². The molecule has 0 unspecified atom stereocenters. The van der Waals surface area contributed by atoms with Crippen molar-refractivity contribution in [2.24, 2.45) is 0 Å². The van der Waals surface area contributed by atoms with Crippen molar-refractivity contribution in [3.8, 4) is 0 Å². The summed E-state index contributed by atoms with van der Waals surface area (Å²) in [5.41, 5.74) is 3.71. The molecule has 1 aromatic heterocycles. The highest BCUT2D eigenvalue weighted by atomic mass is 16.1. The van der Waals surface area contributed by atoms with Gasteiger partial charge in [0.1, 0.15) is 0 Å². The molecule has 0 aliphatic heterocycles. The summed E-state index contributed by atoms with van der Waals surface area (Å²) in [4.78, 5) is 16.2. The first kappa shape index (κ1) is 14.1. The Bertz CT molecular complexity index is 761. The van der Waals surface area contributed by atoms with Crippen LogP contribution in [0.4, 0.5) is 5.69 Å². The molecule has 0 aliphatic rings. The van der Waals surface area contributed by atoms with Crippen LogP contribution in [-0.4, -0.2) is 15.5 Å². The first-order chi connectivity index (χ1) is 10.7. The summed E-state index contributed by atoms with van der Waals surface area (Å²) >= 11 is 0. The van der Waals surface area contributed by atoms with Gasteiger partial charge in [-0.15, -0.1) is 0 Å². The molecule has 0 aliphatic carbocycles. The molecule has 4 nitrogen and oxygen atoms in total. The van der Waals surface area contributed by atoms with Crippen molar-refractivity contribution in [3.05, 3.63) is 83.9 Å². The molecule has 0 spiro atoms. The number of anilines is 1. The maximum atomic E-state index is 12.2. The minimum Gasteiger partial charge on any atom is -0.333 e. The summed E-state index contributed by atoms with van der Waals surface area (Å²) in [6.45, 7) is 2.75.